The smallest absolute Gasteiger partial charge is 0.748 e. The molecule has 0 aromatic carbocycles. The molecule has 0 aromatic heterocycles. The van der Waals surface area contributed by atoms with E-state index in [-0.39, 0.29) is 29.6 Å². The van der Waals surface area contributed by atoms with Crippen molar-refractivity contribution in [3.63, 3.8) is 0 Å². The van der Waals surface area contributed by atoms with Gasteiger partial charge in [0.15, 0.2) is 0 Å². The van der Waals surface area contributed by atoms with E-state index in [1.807, 2.05) is 0 Å². The van der Waals surface area contributed by atoms with E-state index in [9.17, 15) is 13.0 Å². The van der Waals surface area contributed by atoms with Crippen molar-refractivity contribution in [1.82, 2.24) is 0 Å². The fourth-order valence-electron chi connectivity index (χ4n) is 1.65. The number of rotatable bonds is 10. The number of hydrogen-bond acceptors (Lipinski definition) is 3. The first-order valence-electron chi connectivity index (χ1n) is 6.26. The predicted octanol–water partition coefficient (Wildman–Crippen LogP) is 0.269. The minimum Gasteiger partial charge on any atom is -0.748 e. The van der Waals surface area contributed by atoms with Gasteiger partial charge in [-0.15, -0.1) is 0 Å². The molecule has 0 aliphatic rings. The van der Waals surface area contributed by atoms with Crippen molar-refractivity contribution in [2.45, 2.75) is 70.0 Å². The Morgan fingerprint density at radius 2 is 1.41 bits per heavy atom. The minimum absolute atomic E-state index is 0. The van der Waals surface area contributed by atoms with E-state index in [0.717, 1.165) is 19.3 Å². The maximum absolute atomic E-state index is 10.6. The van der Waals surface area contributed by atoms with Crippen LogP contribution in [0.15, 0.2) is 0 Å². The molecule has 0 aliphatic carbocycles. The first-order chi connectivity index (χ1) is 7.48. The van der Waals surface area contributed by atoms with Gasteiger partial charge in [-0.25, -0.2) is 8.42 Å². The average Bonchev–Trinajstić information content (AvgIpc) is 2.20. The number of hydrogen-bond donors (Lipinski definition) is 0. The molecule has 97 valence electrons. The van der Waals surface area contributed by atoms with Crippen molar-refractivity contribution in [2.75, 3.05) is 0 Å². The summed E-state index contributed by atoms with van der Waals surface area (Å²) in [6.45, 7) is 5.56. The molecule has 1 radical (unpaired) electrons. The summed E-state index contributed by atoms with van der Waals surface area (Å²) in [5.74, 6) is 0. The van der Waals surface area contributed by atoms with Crippen LogP contribution in [0.1, 0.15) is 64.7 Å². The second-order valence-electron chi connectivity index (χ2n) is 4.38. The summed E-state index contributed by atoms with van der Waals surface area (Å²) in [7, 11) is -4.17. The Kier molecular flexibility index (Phi) is 14.2. The van der Waals surface area contributed by atoms with Gasteiger partial charge in [0, 0.05) is 5.25 Å². The van der Waals surface area contributed by atoms with Crippen LogP contribution in [-0.2, 0) is 10.1 Å². The van der Waals surface area contributed by atoms with Crippen LogP contribution < -0.4 is 29.6 Å². The zero-order chi connectivity index (χ0) is 12.4. The van der Waals surface area contributed by atoms with Crippen LogP contribution in [0.4, 0.5) is 0 Å². The van der Waals surface area contributed by atoms with E-state index in [1.165, 1.54) is 32.1 Å². The molecule has 0 N–H and O–H groups in total. The van der Waals surface area contributed by atoms with E-state index in [2.05, 4.69) is 13.8 Å². The normalized spacial score (nSPS) is 13.1. The summed E-state index contributed by atoms with van der Waals surface area (Å²) in [4.78, 5) is 0. The minimum atomic E-state index is -4.17. The summed E-state index contributed by atoms with van der Waals surface area (Å²) in [6, 6.07) is 0. The third-order valence-electron chi connectivity index (χ3n) is 2.79. The maximum Gasteiger partial charge on any atom is 1.00 e. The summed E-state index contributed by atoms with van der Waals surface area (Å²) in [5.41, 5.74) is 0. The zero-order valence-corrected chi connectivity index (χ0v) is 14.1. The van der Waals surface area contributed by atoms with Gasteiger partial charge >= 0.3 is 29.6 Å². The topological polar surface area (TPSA) is 57.2 Å². The van der Waals surface area contributed by atoms with Crippen LogP contribution in [0, 0.1) is 6.92 Å². The molecule has 0 rings (SSSR count). The molecule has 0 bridgehead atoms. The van der Waals surface area contributed by atoms with Gasteiger partial charge in [0.1, 0.15) is 0 Å². The van der Waals surface area contributed by atoms with Gasteiger partial charge in [-0.1, -0.05) is 58.3 Å². The van der Waals surface area contributed by atoms with Gasteiger partial charge in [0.05, 0.1) is 10.1 Å². The molecular weight excluding hydrogens is 247 g/mol. The van der Waals surface area contributed by atoms with Gasteiger partial charge in [-0.3, -0.25) is 0 Å². The van der Waals surface area contributed by atoms with Gasteiger partial charge in [-0.2, -0.15) is 0 Å². The first kappa shape index (κ1) is 20.2. The SMILES string of the molecule is [CH2]C(CCCCCCCCCC)S(=O)(=O)[O-].[Na+]. The average molecular weight is 271 g/mol. The molecule has 0 aliphatic heterocycles. The van der Waals surface area contributed by atoms with Crippen LogP contribution in [-0.4, -0.2) is 18.2 Å². The Morgan fingerprint density at radius 1 is 1.00 bits per heavy atom. The van der Waals surface area contributed by atoms with E-state index >= 15 is 0 Å². The van der Waals surface area contributed by atoms with Crippen LogP contribution in [0.2, 0.25) is 0 Å². The van der Waals surface area contributed by atoms with Crippen molar-refractivity contribution in [3.8, 4) is 0 Å². The van der Waals surface area contributed by atoms with Gasteiger partial charge in [0.2, 0.25) is 0 Å². The van der Waals surface area contributed by atoms with Gasteiger partial charge < -0.3 is 4.55 Å². The van der Waals surface area contributed by atoms with Crippen molar-refractivity contribution in [2.24, 2.45) is 0 Å². The van der Waals surface area contributed by atoms with Crippen molar-refractivity contribution >= 4 is 10.1 Å². The Bertz CT molecular complexity index is 252. The standard InChI is InChI=1S/C12H25O3S.Na/c1-3-4-5-6-7-8-9-10-11-12(2)16(13,14)15;/h12H,2-11H2,1H3,(H,13,14,15);/q;+1/p-1. The fraction of sp³-hybridized carbons (Fsp3) is 0.917. The molecule has 1 atom stereocenters. The summed E-state index contributed by atoms with van der Waals surface area (Å²) in [5, 5.41) is -0.965. The Balaban J connectivity index is 0. The van der Waals surface area contributed by atoms with E-state index in [0.29, 0.717) is 6.42 Å². The first-order valence-corrected chi connectivity index (χ1v) is 7.73. The Morgan fingerprint density at radius 3 is 1.82 bits per heavy atom. The molecular formula is C12H24NaO3S. The second-order valence-corrected chi connectivity index (χ2v) is 6.03. The third-order valence-corrected chi connectivity index (χ3v) is 3.84. The summed E-state index contributed by atoms with van der Waals surface area (Å²) < 4.78 is 31.7. The van der Waals surface area contributed by atoms with Crippen molar-refractivity contribution < 1.29 is 42.5 Å². The largest absolute Gasteiger partial charge is 1.00 e. The Labute approximate surface area is 129 Å². The van der Waals surface area contributed by atoms with Crippen LogP contribution in [0.3, 0.4) is 0 Å². The van der Waals surface area contributed by atoms with E-state index < -0.39 is 15.4 Å². The van der Waals surface area contributed by atoms with Crippen molar-refractivity contribution in [3.05, 3.63) is 6.92 Å². The van der Waals surface area contributed by atoms with Crippen LogP contribution >= 0.6 is 0 Å². The second kappa shape index (κ2) is 12.0. The summed E-state index contributed by atoms with van der Waals surface area (Å²) >= 11 is 0. The maximum atomic E-state index is 10.6. The van der Waals surface area contributed by atoms with Crippen LogP contribution in [0.25, 0.3) is 0 Å². The van der Waals surface area contributed by atoms with Gasteiger partial charge in [0.25, 0.3) is 0 Å². The molecule has 0 saturated carbocycles. The molecule has 0 heterocycles. The zero-order valence-electron chi connectivity index (χ0n) is 11.3. The molecule has 0 amide bonds. The summed E-state index contributed by atoms with van der Waals surface area (Å²) in [6.07, 6.45) is 9.67. The molecule has 17 heavy (non-hydrogen) atoms. The monoisotopic (exact) mass is 271 g/mol. The quantitative estimate of drug-likeness (QED) is 0.325. The molecule has 0 saturated heterocycles. The molecule has 0 aromatic rings. The fourth-order valence-corrected chi connectivity index (χ4v) is 2.11. The third kappa shape index (κ3) is 13.1. The van der Waals surface area contributed by atoms with Gasteiger partial charge in [-0.05, 0) is 13.3 Å². The molecule has 1 unspecified atom stereocenters. The van der Waals surface area contributed by atoms with E-state index in [4.69, 9.17) is 0 Å². The van der Waals surface area contributed by atoms with Crippen molar-refractivity contribution in [1.29, 1.82) is 0 Å². The number of unbranched alkanes of at least 4 members (excludes halogenated alkanes) is 7. The van der Waals surface area contributed by atoms with Crippen LogP contribution in [0.5, 0.6) is 0 Å². The molecule has 0 spiro atoms. The van der Waals surface area contributed by atoms with E-state index in [1.54, 1.807) is 0 Å². The molecule has 0 fully saturated rings. The molecule has 5 heteroatoms. The predicted molar refractivity (Wildman–Crippen MR) is 66.1 cm³/mol. The molecule has 3 nitrogen and oxygen atoms in total. The Hall–Kier alpha value is 0.910.